The standard InChI is InChI=1S/C54H33NO2S/c1-2-11-34(12-3-1)37-27-32-50-47(33-37)45-18-10-20-48(53(45)57-50)55(38-28-23-35(24-29-38)40-15-8-17-44-42-13-4-6-21-49(42)56-52(40)44)39-30-25-36(26-31-39)41-16-9-19-46-43-14-5-7-22-51(43)58-54(41)46/h1-33H. The highest BCUT2D eigenvalue weighted by Gasteiger charge is 2.21. The second kappa shape index (κ2) is 13.1. The Kier molecular flexibility index (Phi) is 7.40. The molecular weight excluding hydrogens is 727 g/mol. The quantitative estimate of drug-likeness (QED) is 0.169. The van der Waals surface area contributed by atoms with E-state index in [0.717, 1.165) is 77.6 Å². The lowest BCUT2D eigenvalue weighted by Crippen LogP contribution is -2.10. The largest absolute Gasteiger partial charge is 0.455 e. The average Bonchev–Trinajstić information content (AvgIpc) is 3.99. The number of thiophene rings is 1. The lowest BCUT2D eigenvalue weighted by molar-refractivity contribution is 0.669. The lowest BCUT2D eigenvalue weighted by atomic mass is 10.0. The molecule has 0 amide bonds. The van der Waals surface area contributed by atoms with Gasteiger partial charge in [-0.3, -0.25) is 0 Å². The van der Waals surface area contributed by atoms with E-state index in [-0.39, 0.29) is 0 Å². The summed E-state index contributed by atoms with van der Waals surface area (Å²) >= 11 is 1.86. The molecule has 0 saturated carbocycles. The number of nitrogens with zero attached hydrogens (tertiary/aromatic N) is 1. The number of anilines is 3. The van der Waals surface area contributed by atoms with Crippen LogP contribution in [0, 0.1) is 0 Å². The van der Waals surface area contributed by atoms with Gasteiger partial charge < -0.3 is 13.7 Å². The molecule has 0 aliphatic rings. The average molecular weight is 760 g/mol. The van der Waals surface area contributed by atoms with Crippen LogP contribution < -0.4 is 4.90 Å². The molecular formula is C54H33NO2S. The van der Waals surface area contributed by atoms with Crippen LogP contribution in [-0.2, 0) is 0 Å². The summed E-state index contributed by atoms with van der Waals surface area (Å²) in [7, 11) is 0. The second-order valence-electron chi connectivity index (χ2n) is 14.8. The van der Waals surface area contributed by atoms with Crippen molar-refractivity contribution < 1.29 is 8.83 Å². The first-order valence-electron chi connectivity index (χ1n) is 19.6. The highest BCUT2D eigenvalue weighted by atomic mass is 32.1. The predicted molar refractivity (Wildman–Crippen MR) is 245 cm³/mol. The van der Waals surface area contributed by atoms with Crippen molar-refractivity contribution in [1.29, 1.82) is 0 Å². The van der Waals surface area contributed by atoms with Crippen molar-refractivity contribution in [2.45, 2.75) is 0 Å². The van der Waals surface area contributed by atoms with Gasteiger partial charge in [-0.15, -0.1) is 11.3 Å². The van der Waals surface area contributed by atoms with Crippen LogP contribution in [0.25, 0.3) is 97.4 Å². The fourth-order valence-electron chi connectivity index (χ4n) is 8.73. The maximum Gasteiger partial charge on any atom is 0.159 e. The Bertz CT molecular complexity index is 3340. The number of furan rings is 2. The molecule has 272 valence electrons. The molecule has 12 rings (SSSR count). The number of hydrogen-bond donors (Lipinski definition) is 0. The summed E-state index contributed by atoms with van der Waals surface area (Å²) in [4.78, 5) is 2.32. The Balaban J connectivity index is 1.01. The van der Waals surface area contributed by atoms with E-state index in [1.54, 1.807) is 0 Å². The first kappa shape index (κ1) is 32.8. The molecule has 0 aliphatic carbocycles. The number of benzene rings is 9. The Morgan fingerprint density at radius 1 is 0.345 bits per heavy atom. The maximum atomic E-state index is 6.79. The van der Waals surface area contributed by atoms with Gasteiger partial charge in [0.25, 0.3) is 0 Å². The van der Waals surface area contributed by atoms with Gasteiger partial charge >= 0.3 is 0 Å². The Hall–Kier alpha value is -7.40. The van der Waals surface area contributed by atoms with Gasteiger partial charge in [-0.2, -0.15) is 0 Å². The summed E-state index contributed by atoms with van der Waals surface area (Å²) in [5.74, 6) is 0. The fraction of sp³-hybridized carbons (Fsp3) is 0. The zero-order valence-electron chi connectivity index (χ0n) is 31.2. The third kappa shape index (κ3) is 5.19. The first-order chi connectivity index (χ1) is 28.7. The number of fused-ring (bicyclic) bond motifs is 9. The van der Waals surface area contributed by atoms with Gasteiger partial charge in [0.05, 0.1) is 5.69 Å². The summed E-state index contributed by atoms with van der Waals surface area (Å²) in [6, 6.07) is 71.3. The van der Waals surface area contributed by atoms with Crippen molar-refractivity contribution in [3.05, 3.63) is 200 Å². The van der Waals surface area contributed by atoms with E-state index in [1.807, 2.05) is 23.5 Å². The SMILES string of the molecule is c1ccc(-c2ccc3oc4c(N(c5ccc(-c6cccc7c6oc6ccccc67)cc5)c5ccc(-c6cccc7c6sc6ccccc67)cc5)cccc4c3c2)cc1. The lowest BCUT2D eigenvalue weighted by Gasteiger charge is -2.26. The molecule has 3 heterocycles. The van der Waals surface area contributed by atoms with E-state index in [2.05, 4.69) is 193 Å². The van der Waals surface area contributed by atoms with Gasteiger partial charge in [0, 0.05) is 58.7 Å². The first-order valence-corrected chi connectivity index (χ1v) is 20.4. The minimum atomic E-state index is 0.845. The smallest absolute Gasteiger partial charge is 0.159 e. The van der Waals surface area contributed by atoms with Crippen LogP contribution in [0.3, 0.4) is 0 Å². The molecule has 0 bridgehead atoms. The van der Waals surface area contributed by atoms with Gasteiger partial charge in [0.2, 0.25) is 0 Å². The molecule has 0 fully saturated rings. The summed E-state index contributed by atoms with van der Waals surface area (Å²) in [5, 5.41) is 7.04. The molecule has 0 N–H and O–H groups in total. The van der Waals surface area contributed by atoms with Crippen LogP contribution in [-0.4, -0.2) is 0 Å². The third-order valence-electron chi connectivity index (χ3n) is 11.5. The van der Waals surface area contributed by atoms with Crippen LogP contribution in [0.4, 0.5) is 17.1 Å². The van der Waals surface area contributed by atoms with Gasteiger partial charge in [-0.1, -0.05) is 146 Å². The summed E-state index contributed by atoms with van der Waals surface area (Å²) < 4.78 is 15.8. The van der Waals surface area contributed by atoms with E-state index in [9.17, 15) is 0 Å². The number of hydrogen-bond acceptors (Lipinski definition) is 4. The van der Waals surface area contributed by atoms with Gasteiger partial charge in [0.15, 0.2) is 5.58 Å². The normalized spacial score (nSPS) is 11.8. The summed E-state index contributed by atoms with van der Waals surface area (Å²) in [6.45, 7) is 0. The summed E-state index contributed by atoms with van der Waals surface area (Å²) in [5.41, 5.74) is 13.5. The highest BCUT2D eigenvalue weighted by Crippen LogP contribution is 2.45. The molecule has 12 aromatic rings. The van der Waals surface area contributed by atoms with Crippen LogP contribution in [0.2, 0.25) is 0 Å². The third-order valence-corrected chi connectivity index (χ3v) is 12.7. The molecule has 9 aromatic carbocycles. The maximum absolute atomic E-state index is 6.79. The predicted octanol–water partition coefficient (Wildman–Crippen LogP) is 16.3. The van der Waals surface area contributed by atoms with Gasteiger partial charge in [0.1, 0.15) is 16.7 Å². The second-order valence-corrected chi connectivity index (χ2v) is 15.9. The van der Waals surface area contributed by atoms with E-state index in [1.165, 1.54) is 36.9 Å². The van der Waals surface area contributed by atoms with Crippen molar-refractivity contribution in [1.82, 2.24) is 0 Å². The molecule has 4 heteroatoms. The monoisotopic (exact) mass is 759 g/mol. The molecule has 0 spiro atoms. The van der Waals surface area contributed by atoms with Crippen molar-refractivity contribution in [3.63, 3.8) is 0 Å². The topological polar surface area (TPSA) is 29.5 Å². The number of para-hydroxylation sites is 3. The van der Waals surface area contributed by atoms with Crippen molar-refractivity contribution >= 4 is 92.4 Å². The zero-order chi connectivity index (χ0) is 38.2. The Morgan fingerprint density at radius 3 is 1.71 bits per heavy atom. The van der Waals surface area contributed by atoms with Crippen LogP contribution in [0.15, 0.2) is 209 Å². The minimum absolute atomic E-state index is 0.845. The van der Waals surface area contributed by atoms with Crippen LogP contribution in [0.5, 0.6) is 0 Å². The molecule has 58 heavy (non-hydrogen) atoms. The summed E-state index contributed by atoms with van der Waals surface area (Å²) in [6.07, 6.45) is 0. The minimum Gasteiger partial charge on any atom is -0.455 e. The number of rotatable bonds is 6. The zero-order valence-corrected chi connectivity index (χ0v) is 32.0. The molecule has 0 unspecified atom stereocenters. The highest BCUT2D eigenvalue weighted by molar-refractivity contribution is 7.26. The molecule has 3 aromatic heterocycles. The van der Waals surface area contributed by atoms with E-state index >= 15 is 0 Å². The Labute approximate surface area is 338 Å². The molecule has 3 nitrogen and oxygen atoms in total. The van der Waals surface area contributed by atoms with E-state index < -0.39 is 0 Å². The van der Waals surface area contributed by atoms with Gasteiger partial charge in [-0.05, 0) is 82.4 Å². The van der Waals surface area contributed by atoms with E-state index in [0.29, 0.717) is 0 Å². The molecule has 0 atom stereocenters. The Morgan fingerprint density at radius 2 is 0.914 bits per heavy atom. The van der Waals surface area contributed by atoms with Crippen LogP contribution >= 0.6 is 11.3 Å². The molecule has 0 radical (unpaired) electrons. The molecule has 0 aliphatic heterocycles. The fourth-order valence-corrected chi connectivity index (χ4v) is 9.96. The van der Waals surface area contributed by atoms with Gasteiger partial charge in [-0.25, -0.2) is 0 Å². The molecule has 0 saturated heterocycles. The van der Waals surface area contributed by atoms with Crippen molar-refractivity contribution in [2.24, 2.45) is 0 Å². The van der Waals surface area contributed by atoms with Crippen molar-refractivity contribution in [2.75, 3.05) is 4.90 Å². The van der Waals surface area contributed by atoms with E-state index in [4.69, 9.17) is 8.83 Å². The van der Waals surface area contributed by atoms with Crippen molar-refractivity contribution in [3.8, 4) is 33.4 Å². The van der Waals surface area contributed by atoms with Crippen LogP contribution in [0.1, 0.15) is 0 Å².